The van der Waals surface area contributed by atoms with Crippen LogP contribution in [0, 0.1) is 0 Å². The first-order valence-electron chi connectivity index (χ1n) is 9.59. The van der Waals surface area contributed by atoms with Crippen LogP contribution in [0.4, 0.5) is 0 Å². The Morgan fingerprint density at radius 1 is 1.15 bits per heavy atom. The number of carbonyl (C=O) groups excluding carboxylic acids is 1. The molecule has 2 aliphatic heterocycles. The second kappa shape index (κ2) is 6.48. The summed E-state index contributed by atoms with van der Waals surface area (Å²) < 4.78 is 6.24. The monoisotopic (exact) mass is 368 g/mol. The molecule has 0 bridgehead atoms. The summed E-state index contributed by atoms with van der Waals surface area (Å²) in [5.41, 5.74) is 3.89. The van der Waals surface area contributed by atoms with Crippen molar-refractivity contribution in [2.24, 2.45) is 0 Å². The van der Waals surface area contributed by atoms with Crippen LogP contribution in [0.15, 0.2) is 30.3 Å². The highest BCUT2D eigenvalue weighted by atomic mass is 32.1. The van der Waals surface area contributed by atoms with Gasteiger partial charge in [-0.15, -0.1) is 11.3 Å². The highest BCUT2D eigenvalue weighted by Gasteiger charge is 2.41. The van der Waals surface area contributed by atoms with Gasteiger partial charge in [0.1, 0.15) is 5.60 Å². The molecule has 0 atom stereocenters. The van der Waals surface area contributed by atoms with Crippen molar-refractivity contribution in [3.05, 3.63) is 56.8 Å². The van der Waals surface area contributed by atoms with Crippen molar-refractivity contribution in [3.8, 4) is 0 Å². The Morgan fingerprint density at radius 3 is 2.62 bits per heavy atom. The molecule has 136 valence electrons. The predicted octanol–water partition coefficient (Wildman–Crippen LogP) is 2.80. The summed E-state index contributed by atoms with van der Waals surface area (Å²) in [5, 5.41) is 6.68. The van der Waals surface area contributed by atoms with Crippen molar-refractivity contribution in [2.75, 3.05) is 19.7 Å². The number of hydrogen-bond acceptors (Lipinski definition) is 4. The highest BCUT2D eigenvalue weighted by molar-refractivity contribution is 7.14. The van der Waals surface area contributed by atoms with Gasteiger partial charge in [-0.3, -0.25) is 4.79 Å². The third-order valence-electron chi connectivity index (χ3n) is 5.99. The number of ether oxygens (including phenoxy) is 1. The first-order chi connectivity index (χ1) is 12.7. The van der Waals surface area contributed by atoms with Crippen LogP contribution in [0.1, 0.15) is 44.1 Å². The molecule has 1 aromatic carbocycles. The van der Waals surface area contributed by atoms with Gasteiger partial charge in [-0.1, -0.05) is 24.3 Å². The molecule has 3 aliphatic rings. The molecule has 4 nitrogen and oxygen atoms in total. The van der Waals surface area contributed by atoms with Crippen molar-refractivity contribution in [1.29, 1.82) is 0 Å². The van der Waals surface area contributed by atoms with E-state index in [1.54, 1.807) is 11.3 Å². The smallest absolute Gasteiger partial charge is 0.261 e. The lowest BCUT2D eigenvalue weighted by molar-refractivity contribution is -0.0771. The van der Waals surface area contributed by atoms with E-state index < -0.39 is 0 Å². The molecule has 5 heteroatoms. The van der Waals surface area contributed by atoms with E-state index in [-0.39, 0.29) is 17.6 Å². The van der Waals surface area contributed by atoms with Gasteiger partial charge in [0.25, 0.3) is 5.91 Å². The lowest BCUT2D eigenvalue weighted by Crippen LogP contribution is -2.44. The van der Waals surface area contributed by atoms with Crippen LogP contribution < -0.4 is 10.6 Å². The van der Waals surface area contributed by atoms with E-state index in [0.29, 0.717) is 0 Å². The lowest BCUT2D eigenvalue weighted by atomic mass is 9.86. The van der Waals surface area contributed by atoms with E-state index in [2.05, 4.69) is 41.0 Å². The number of fused-ring (bicyclic) bond motifs is 3. The molecule has 2 aromatic rings. The van der Waals surface area contributed by atoms with Gasteiger partial charge < -0.3 is 15.4 Å². The molecule has 0 radical (unpaired) electrons. The lowest BCUT2D eigenvalue weighted by Gasteiger charge is -2.40. The van der Waals surface area contributed by atoms with Crippen molar-refractivity contribution < 1.29 is 9.53 Å². The van der Waals surface area contributed by atoms with Gasteiger partial charge in [0.15, 0.2) is 0 Å². The van der Waals surface area contributed by atoms with E-state index in [9.17, 15) is 4.79 Å². The molecule has 1 spiro atoms. The Bertz CT molecular complexity index is 813. The molecule has 3 heterocycles. The normalized spacial score (nSPS) is 21.4. The van der Waals surface area contributed by atoms with Crippen molar-refractivity contribution in [2.45, 2.75) is 43.7 Å². The van der Waals surface area contributed by atoms with Gasteiger partial charge in [-0.05, 0) is 68.0 Å². The first kappa shape index (κ1) is 16.5. The molecule has 2 N–H and O–H groups in total. The van der Waals surface area contributed by atoms with E-state index in [4.69, 9.17) is 4.74 Å². The van der Waals surface area contributed by atoms with Crippen LogP contribution in [0.25, 0.3) is 0 Å². The molecular weight excluding hydrogens is 344 g/mol. The Kier molecular flexibility index (Phi) is 4.11. The van der Waals surface area contributed by atoms with Crippen LogP contribution in [0.2, 0.25) is 0 Å². The second-order valence-corrected chi connectivity index (χ2v) is 8.71. The van der Waals surface area contributed by atoms with Gasteiger partial charge >= 0.3 is 0 Å². The van der Waals surface area contributed by atoms with Crippen molar-refractivity contribution >= 4 is 17.2 Å². The third-order valence-corrected chi connectivity index (χ3v) is 7.36. The summed E-state index contributed by atoms with van der Waals surface area (Å²) in [6.07, 6.45) is 4.79. The first-order valence-corrected chi connectivity index (χ1v) is 10.4. The van der Waals surface area contributed by atoms with Crippen LogP contribution in [0.3, 0.4) is 0 Å². The number of nitrogens with one attached hydrogen (secondary N) is 2. The van der Waals surface area contributed by atoms with Crippen molar-refractivity contribution in [3.63, 3.8) is 0 Å². The van der Waals surface area contributed by atoms with Gasteiger partial charge in [0.05, 0.1) is 11.5 Å². The molecule has 1 aliphatic carbocycles. The minimum Gasteiger partial charge on any atom is -0.369 e. The standard InChI is InChI=1S/C21H24N2O2S/c24-20(23-17-11-14-3-1-2-4-15(14)12-17)18-13-16-5-10-25-21(19(16)26-18)6-8-22-9-7-21/h1-4,13,17,22H,5-12H2,(H,23,24). The Hall–Kier alpha value is -1.69. The minimum absolute atomic E-state index is 0.0753. The quantitative estimate of drug-likeness (QED) is 0.857. The van der Waals surface area contributed by atoms with Crippen LogP contribution in [-0.2, 0) is 29.6 Å². The van der Waals surface area contributed by atoms with Crippen LogP contribution in [0.5, 0.6) is 0 Å². The second-order valence-electron chi connectivity index (χ2n) is 7.66. The maximum Gasteiger partial charge on any atom is 0.261 e. The Morgan fingerprint density at radius 2 is 1.88 bits per heavy atom. The topological polar surface area (TPSA) is 50.4 Å². The average molecular weight is 369 g/mol. The SMILES string of the molecule is O=C(NC1Cc2ccccc2C1)c1cc2c(s1)C1(CCNCC1)OCC2. The van der Waals surface area contributed by atoms with Gasteiger partial charge in [-0.25, -0.2) is 0 Å². The number of piperidine rings is 1. The fourth-order valence-electron chi connectivity index (χ4n) is 4.65. The van der Waals surface area contributed by atoms with Crippen LogP contribution in [-0.4, -0.2) is 31.6 Å². The minimum atomic E-state index is -0.161. The fourth-order valence-corrected chi connectivity index (χ4v) is 5.97. The fraction of sp³-hybridized carbons (Fsp3) is 0.476. The maximum absolute atomic E-state index is 12.9. The molecule has 0 saturated carbocycles. The number of benzene rings is 1. The largest absolute Gasteiger partial charge is 0.369 e. The summed E-state index contributed by atoms with van der Waals surface area (Å²) in [4.78, 5) is 15.0. The summed E-state index contributed by atoms with van der Waals surface area (Å²) in [5.74, 6) is 0.0753. The summed E-state index contributed by atoms with van der Waals surface area (Å²) in [6, 6.07) is 10.8. The van der Waals surface area contributed by atoms with E-state index in [1.807, 2.05) is 0 Å². The van der Waals surface area contributed by atoms with Crippen molar-refractivity contribution in [1.82, 2.24) is 10.6 Å². The number of rotatable bonds is 2. The summed E-state index contributed by atoms with van der Waals surface area (Å²) in [6.45, 7) is 2.74. The summed E-state index contributed by atoms with van der Waals surface area (Å²) >= 11 is 1.65. The van der Waals surface area contributed by atoms with Crippen LogP contribution >= 0.6 is 11.3 Å². The molecule has 1 fully saturated rings. The molecule has 26 heavy (non-hydrogen) atoms. The number of carbonyl (C=O) groups is 1. The predicted molar refractivity (Wildman–Crippen MR) is 103 cm³/mol. The van der Waals surface area contributed by atoms with E-state index in [1.165, 1.54) is 21.6 Å². The Balaban J connectivity index is 1.34. The Labute approximate surface area is 158 Å². The molecule has 1 aromatic heterocycles. The molecular formula is C21H24N2O2S. The number of thiophene rings is 1. The maximum atomic E-state index is 12.9. The third kappa shape index (κ3) is 2.79. The van der Waals surface area contributed by atoms with Gasteiger partial charge in [-0.2, -0.15) is 0 Å². The zero-order valence-corrected chi connectivity index (χ0v) is 15.7. The molecule has 0 unspecified atom stereocenters. The van der Waals surface area contributed by atoms with Gasteiger partial charge in [0.2, 0.25) is 0 Å². The molecule has 5 rings (SSSR count). The summed E-state index contributed by atoms with van der Waals surface area (Å²) in [7, 11) is 0. The number of hydrogen-bond donors (Lipinski definition) is 2. The van der Waals surface area contributed by atoms with E-state index >= 15 is 0 Å². The zero-order chi connectivity index (χ0) is 17.6. The van der Waals surface area contributed by atoms with Gasteiger partial charge in [0, 0.05) is 10.9 Å². The highest BCUT2D eigenvalue weighted by Crippen LogP contribution is 2.44. The zero-order valence-electron chi connectivity index (χ0n) is 14.8. The van der Waals surface area contributed by atoms with E-state index in [0.717, 1.165) is 56.7 Å². The average Bonchev–Trinajstić information content (AvgIpc) is 3.27. The number of amides is 1. The molecule has 1 amide bonds. The molecule has 1 saturated heterocycles.